The van der Waals surface area contributed by atoms with Gasteiger partial charge in [0, 0.05) is 6.54 Å². The van der Waals surface area contributed by atoms with E-state index >= 15 is 0 Å². The average molecular weight is 257 g/mol. The molecule has 0 rings (SSSR count). The molecule has 5 nitrogen and oxygen atoms in total. The maximum Gasteiger partial charge on any atom is 0.323 e. The van der Waals surface area contributed by atoms with E-state index in [4.69, 9.17) is 9.84 Å². The zero-order valence-electron chi connectivity index (χ0n) is 11.4. The van der Waals surface area contributed by atoms with Crippen LogP contribution >= 0.6 is 0 Å². The van der Waals surface area contributed by atoms with Crippen molar-refractivity contribution in [3.8, 4) is 0 Å². The lowest BCUT2D eigenvalue weighted by atomic mass is 10.2. The largest absolute Gasteiger partial charge is 0.480 e. The predicted octanol–water partition coefficient (Wildman–Crippen LogP) is 1.54. The van der Waals surface area contributed by atoms with Gasteiger partial charge in [0.2, 0.25) is 0 Å². The molecule has 0 aliphatic rings. The quantitative estimate of drug-likeness (QED) is 0.502. The standard InChI is InChI=1S/C13H23NO4/c1-5-6-7-18-11(4)13(17)14(8-10(2)3)9-12(15)16/h5,10-11H,1,6-9H2,2-4H3,(H,15,16). The molecule has 0 bridgehead atoms. The summed E-state index contributed by atoms with van der Waals surface area (Å²) in [4.78, 5) is 24.1. The summed E-state index contributed by atoms with van der Waals surface area (Å²) in [6, 6.07) is 0. The summed E-state index contributed by atoms with van der Waals surface area (Å²) in [5, 5.41) is 8.79. The normalized spacial score (nSPS) is 12.2. The van der Waals surface area contributed by atoms with Crippen molar-refractivity contribution in [2.24, 2.45) is 5.92 Å². The Kier molecular flexibility index (Phi) is 8.03. The van der Waals surface area contributed by atoms with Crippen molar-refractivity contribution in [3.05, 3.63) is 12.7 Å². The van der Waals surface area contributed by atoms with E-state index in [0.717, 1.165) is 0 Å². The smallest absolute Gasteiger partial charge is 0.323 e. The summed E-state index contributed by atoms with van der Waals surface area (Å²) in [6.07, 6.45) is 1.75. The first-order valence-corrected chi connectivity index (χ1v) is 6.11. The third-order valence-corrected chi connectivity index (χ3v) is 2.26. The van der Waals surface area contributed by atoms with Crippen LogP contribution in [0.2, 0.25) is 0 Å². The molecule has 0 saturated carbocycles. The fraction of sp³-hybridized carbons (Fsp3) is 0.692. The van der Waals surface area contributed by atoms with E-state index in [-0.39, 0.29) is 18.4 Å². The maximum absolute atomic E-state index is 12.0. The van der Waals surface area contributed by atoms with Crippen LogP contribution in [-0.2, 0) is 14.3 Å². The van der Waals surface area contributed by atoms with Crippen LogP contribution in [0, 0.1) is 5.92 Å². The SMILES string of the molecule is C=CCCOC(C)C(=O)N(CC(=O)O)CC(C)C. The van der Waals surface area contributed by atoms with Crippen molar-refractivity contribution < 1.29 is 19.4 Å². The number of carboxylic acids is 1. The Morgan fingerprint density at radius 2 is 2.00 bits per heavy atom. The van der Waals surface area contributed by atoms with Gasteiger partial charge in [0.05, 0.1) is 6.61 Å². The molecule has 0 aromatic rings. The Hall–Kier alpha value is -1.36. The molecule has 104 valence electrons. The third kappa shape index (κ3) is 7.06. The average Bonchev–Trinajstić information content (AvgIpc) is 2.26. The highest BCUT2D eigenvalue weighted by molar-refractivity contribution is 5.84. The zero-order chi connectivity index (χ0) is 14.1. The highest BCUT2D eigenvalue weighted by Crippen LogP contribution is 2.05. The van der Waals surface area contributed by atoms with E-state index in [1.54, 1.807) is 13.0 Å². The van der Waals surface area contributed by atoms with Crippen molar-refractivity contribution >= 4 is 11.9 Å². The number of carbonyl (C=O) groups is 2. The molecular weight excluding hydrogens is 234 g/mol. The topological polar surface area (TPSA) is 66.8 Å². The first-order valence-electron chi connectivity index (χ1n) is 6.11. The Bertz CT molecular complexity index is 289. The van der Waals surface area contributed by atoms with E-state index in [1.165, 1.54) is 4.90 Å². The van der Waals surface area contributed by atoms with Gasteiger partial charge in [-0.2, -0.15) is 0 Å². The van der Waals surface area contributed by atoms with Crippen LogP contribution in [0.3, 0.4) is 0 Å². The minimum atomic E-state index is -1.01. The predicted molar refractivity (Wildman–Crippen MR) is 69.3 cm³/mol. The molecule has 0 aromatic carbocycles. The summed E-state index contributed by atoms with van der Waals surface area (Å²) < 4.78 is 5.33. The lowest BCUT2D eigenvalue weighted by molar-refractivity contribution is -0.150. The molecule has 1 N–H and O–H groups in total. The Labute approximate surface area is 108 Å². The molecule has 0 heterocycles. The minimum absolute atomic E-state index is 0.216. The van der Waals surface area contributed by atoms with Gasteiger partial charge in [-0.25, -0.2) is 0 Å². The fourth-order valence-electron chi connectivity index (χ4n) is 1.49. The molecule has 0 aliphatic carbocycles. The number of carboxylic acid groups (broad SMARTS) is 1. The number of hydrogen-bond acceptors (Lipinski definition) is 3. The van der Waals surface area contributed by atoms with Crippen LogP contribution < -0.4 is 0 Å². The minimum Gasteiger partial charge on any atom is -0.480 e. The van der Waals surface area contributed by atoms with Crippen LogP contribution in [0.25, 0.3) is 0 Å². The first kappa shape index (κ1) is 16.6. The van der Waals surface area contributed by atoms with Crippen LogP contribution in [0.1, 0.15) is 27.2 Å². The van der Waals surface area contributed by atoms with Crippen molar-refractivity contribution in [1.29, 1.82) is 0 Å². The van der Waals surface area contributed by atoms with Crippen molar-refractivity contribution in [2.45, 2.75) is 33.3 Å². The molecule has 1 amide bonds. The van der Waals surface area contributed by atoms with Crippen LogP contribution in [0.15, 0.2) is 12.7 Å². The molecule has 0 aromatic heterocycles. The van der Waals surface area contributed by atoms with Gasteiger partial charge >= 0.3 is 5.97 Å². The van der Waals surface area contributed by atoms with Crippen molar-refractivity contribution in [3.63, 3.8) is 0 Å². The van der Waals surface area contributed by atoms with E-state index in [0.29, 0.717) is 19.6 Å². The Balaban J connectivity index is 4.42. The van der Waals surface area contributed by atoms with E-state index in [9.17, 15) is 9.59 Å². The zero-order valence-corrected chi connectivity index (χ0v) is 11.4. The summed E-state index contributed by atoms with van der Waals surface area (Å²) in [5.41, 5.74) is 0. The lowest BCUT2D eigenvalue weighted by Crippen LogP contribution is -2.43. The van der Waals surface area contributed by atoms with Crippen molar-refractivity contribution in [1.82, 2.24) is 4.90 Å². The second-order valence-electron chi connectivity index (χ2n) is 4.60. The van der Waals surface area contributed by atoms with Gasteiger partial charge in [0.1, 0.15) is 12.6 Å². The van der Waals surface area contributed by atoms with E-state index in [2.05, 4.69) is 6.58 Å². The maximum atomic E-state index is 12.0. The first-order chi connectivity index (χ1) is 8.38. The number of aliphatic carboxylic acids is 1. The number of carbonyl (C=O) groups excluding carboxylic acids is 1. The van der Waals surface area contributed by atoms with Gasteiger partial charge in [0.15, 0.2) is 0 Å². The second kappa shape index (κ2) is 8.69. The van der Waals surface area contributed by atoms with Gasteiger partial charge in [-0.15, -0.1) is 6.58 Å². The van der Waals surface area contributed by atoms with Crippen molar-refractivity contribution in [2.75, 3.05) is 19.7 Å². The summed E-state index contributed by atoms with van der Waals surface area (Å²) in [6.45, 7) is 9.62. The Morgan fingerprint density at radius 3 is 2.44 bits per heavy atom. The van der Waals surface area contributed by atoms with Gasteiger partial charge in [-0.3, -0.25) is 9.59 Å². The molecule has 1 atom stereocenters. The highest BCUT2D eigenvalue weighted by Gasteiger charge is 2.23. The molecule has 0 spiro atoms. The monoisotopic (exact) mass is 257 g/mol. The molecule has 1 unspecified atom stereocenters. The fourth-order valence-corrected chi connectivity index (χ4v) is 1.49. The number of ether oxygens (including phenoxy) is 1. The summed E-state index contributed by atoms with van der Waals surface area (Å²) in [7, 11) is 0. The van der Waals surface area contributed by atoms with Crippen LogP contribution in [0.4, 0.5) is 0 Å². The molecular formula is C13H23NO4. The number of hydrogen-bond donors (Lipinski definition) is 1. The Morgan fingerprint density at radius 1 is 1.39 bits per heavy atom. The number of amides is 1. The molecule has 18 heavy (non-hydrogen) atoms. The van der Waals surface area contributed by atoms with Gasteiger partial charge in [-0.05, 0) is 19.3 Å². The third-order valence-electron chi connectivity index (χ3n) is 2.26. The van der Waals surface area contributed by atoms with Crippen LogP contribution in [-0.4, -0.2) is 47.7 Å². The summed E-state index contributed by atoms with van der Waals surface area (Å²) >= 11 is 0. The molecule has 0 aliphatic heterocycles. The number of nitrogens with zero attached hydrogens (tertiary/aromatic N) is 1. The van der Waals surface area contributed by atoms with Gasteiger partial charge in [0.25, 0.3) is 5.91 Å². The van der Waals surface area contributed by atoms with Gasteiger partial charge in [-0.1, -0.05) is 19.9 Å². The second-order valence-corrected chi connectivity index (χ2v) is 4.60. The lowest BCUT2D eigenvalue weighted by Gasteiger charge is -2.25. The molecule has 5 heteroatoms. The molecule has 0 fully saturated rings. The van der Waals surface area contributed by atoms with Crippen LogP contribution in [0.5, 0.6) is 0 Å². The summed E-state index contributed by atoms with van der Waals surface area (Å²) in [5.74, 6) is -1.08. The van der Waals surface area contributed by atoms with E-state index < -0.39 is 12.1 Å². The highest BCUT2D eigenvalue weighted by atomic mass is 16.5. The van der Waals surface area contributed by atoms with E-state index in [1.807, 2.05) is 13.8 Å². The molecule has 0 radical (unpaired) electrons. The number of rotatable bonds is 9. The van der Waals surface area contributed by atoms with Gasteiger partial charge < -0.3 is 14.7 Å². The molecule has 0 saturated heterocycles.